The van der Waals surface area contributed by atoms with E-state index in [2.05, 4.69) is 4.98 Å². The average Bonchev–Trinajstić information content (AvgIpc) is 2.82. The van der Waals surface area contributed by atoms with Crippen LogP contribution in [-0.2, 0) is 6.42 Å². The third kappa shape index (κ3) is 3.13. The maximum atomic E-state index is 13.1. The Morgan fingerprint density at radius 2 is 2.08 bits per heavy atom. The number of aryl methyl sites for hydroxylation is 2. The zero-order valence-electron chi connectivity index (χ0n) is 14.8. The van der Waals surface area contributed by atoms with Crippen LogP contribution >= 0.6 is 0 Å². The molecule has 6 nitrogen and oxygen atoms in total. The molecule has 0 unspecified atom stereocenters. The molecule has 0 spiro atoms. The standard InChI is InChI=1S/C18H27N3O3/c1-12-15(16-13(19-12)6-4-7-14(16)22)17(23)21-9-5-8-18(24,11-21)10-20(2)3/h19,24H,4-11H2,1-3H3/t18-/m1/s1. The van der Waals surface area contributed by atoms with Crippen LogP contribution in [0, 0.1) is 6.92 Å². The number of aromatic amines is 1. The van der Waals surface area contributed by atoms with Gasteiger partial charge in [0.1, 0.15) is 0 Å². The first-order chi connectivity index (χ1) is 11.3. The Morgan fingerprint density at radius 1 is 1.33 bits per heavy atom. The van der Waals surface area contributed by atoms with E-state index in [4.69, 9.17) is 0 Å². The number of nitrogens with one attached hydrogen (secondary N) is 1. The molecule has 132 valence electrons. The molecule has 2 heterocycles. The summed E-state index contributed by atoms with van der Waals surface area (Å²) in [6, 6.07) is 0. The Hall–Kier alpha value is -1.66. The van der Waals surface area contributed by atoms with E-state index in [0.29, 0.717) is 43.6 Å². The molecule has 6 heteroatoms. The lowest BCUT2D eigenvalue weighted by atomic mass is 9.90. The molecule has 0 radical (unpaired) electrons. The number of Topliss-reactive ketones (excluding diaryl/α,β-unsaturated/α-hetero) is 1. The first-order valence-electron chi connectivity index (χ1n) is 8.72. The van der Waals surface area contributed by atoms with Crippen LogP contribution in [0.5, 0.6) is 0 Å². The smallest absolute Gasteiger partial charge is 0.256 e. The van der Waals surface area contributed by atoms with Crippen LogP contribution in [-0.4, -0.2) is 70.9 Å². The van der Waals surface area contributed by atoms with E-state index in [-0.39, 0.29) is 11.7 Å². The summed E-state index contributed by atoms with van der Waals surface area (Å²) in [6.07, 6.45) is 3.63. The third-order valence-corrected chi connectivity index (χ3v) is 5.04. The van der Waals surface area contributed by atoms with Crippen LogP contribution in [0.3, 0.4) is 0 Å². The highest BCUT2D eigenvalue weighted by Crippen LogP contribution is 2.30. The van der Waals surface area contributed by atoms with Gasteiger partial charge in [-0.15, -0.1) is 0 Å². The molecule has 3 rings (SSSR count). The second-order valence-corrected chi connectivity index (χ2v) is 7.55. The second-order valence-electron chi connectivity index (χ2n) is 7.55. The first kappa shape index (κ1) is 17.2. The van der Waals surface area contributed by atoms with Gasteiger partial charge in [0.15, 0.2) is 5.78 Å². The number of β-amino-alcohol motifs (C(OH)–C–C–N with tert-alkyl or cyclic N) is 1. The molecule has 1 amide bonds. The minimum absolute atomic E-state index is 0.0597. The molecule has 24 heavy (non-hydrogen) atoms. The van der Waals surface area contributed by atoms with Gasteiger partial charge in [0.25, 0.3) is 5.91 Å². The average molecular weight is 333 g/mol. The molecule has 1 saturated heterocycles. The number of likely N-dealkylation sites (N-methyl/N-ethyl adjacent to an activating group) is 1. The minimum atomic E-state index is -0.883. The Balaban J connectivity index is 1.87. The monoisotopic (exact) mass is 333 g/mol. The van der Waals surface area contributed by atoms with E-state index < -0.39 is 5.60 Å². The van der Waals surface area contributed by atoms with Crippen molar-refractivity contribution in [2.24, 2.45) is 0 Å². The van der Waals surface area contributed by atoms with E-state index >= 15 is 0 Å². The molecule has 1 atom stereocenters. The van der Waals surface area contributed by atoms with Crippen LogP contribution in [0.4, 0.5) is 0 Å². The second kappa shape index (κ2) is 6.33. The lowest BCUT2D eigenvalue weighted by Crippen LogP contribution is -2.54. The van der Waals surface area contributed by atoms with Gasteiger partial charge in [-0.1, -0.05) is 0 Å². The van der Waals surface area contributed by atoms with Gasteiger partial charge in [0.05, 0.1) is 23.3 Å². The maximum absolute atomic E-state index is 13.1. The normalized spacial score (nSPS) is 24.4. The highest BCUT2D eigenvalue weighted by atomic mass is 16.3. The number of nitrogens with zero attached hydrogens (tertiary/aromatic N) is 2. The summed E-state index contributed by atoms with van der Waals surface area (Å²) < 4.78 is 0. The molecule has 1 aliphatic heterocycles. The van der Waals surface area contributed by atoms with Gasteiger partial charge in [0, 0.05) is 30.9 Å². The van der Waals surface area contributed by atoms with E-state index in [1.54, 1.807) is 4.90 Å². The van der Waals surface area contributed by atoms with Crippen molar-refractivity contribution in [3.8, 4) is 0 Å². The molecular formula is C18H27N3O3. The molecule has 1 aromatic rings. The predicted molar refractivity (Wildman–Crippen MR) is 91.4 cm³/mol. The number of H-pyrrole nitrogens is 1. The lowest BCUT2D eigenvalue weighted by molar-refractivity contribution is -0.0391. The van der Waals surface area contributed by atoms with Crippen LogP contribution in [0.15, 0.2) is 0 Å². The van der Waals surface area contributed by atoms with Crippen molar-refractivity contribution in [3.63, 3.8) is 0 Å². The number of rotatable bonds is 3. The van der Waals surface area contributed by atoms with E-state index in [1.807, 2.05) is 25.9 Å². The predicted octanol–water partition coefficient (Wildman–Crippen LogP) is 1.37. The summed E-state index contributed by atoms with van der Waals surface area (Å²) >= 11 is 0. The van der Waals surface area contributed by atoms with E-state index in [0.717, 1.165) is 30.7 Å². The van der Waals surface area contributed by atoms with Crippen molar-refractivity contribution >= 4 is 11.7 Å². The highest BCUT2D eigenvalue weighted by molar-refractivity contribution is 6.10. The summed E-state index contributed by atoms with van der Waals surface area (Å²) in [7, 11) is 3.84. The Bertz CT molecular complexity index is 665. The number of aliphatic hydroxyl groups is 1. The topological polar surface area (TPSA) is 76.6 Å². The summed E-state index contributed by atoms with van der Waals surface area (Å²) in [4.78, 5) is 32.3. The van der Waals surface area contributed by atoms with Gasteiger partial charge < -0.3 is 19.9 Å². The van der Waals surface area contributed by atoms with Gasteiger partial charge >= 0.3 is 0 Å². The van der Waals surface area contributed by atoms with Crippen molar-refractivity contribution in [1.82, 2.24) is 14.8 Å². The lowest BCUT2D eigenvalue weighted by Gasteiger charge is -2.40. The molecule has 1 aromatic heterocycles. The summed E-state index contributed by atoms with van der Waals surface area (Å²) in [5.41, 5.74) is 1.88. The Labute approximate surface area is 142 Å². The van der Waals surface area contributed by atoms with Crippen LogP contribution in [0.25, 0.3) is 0 Å². The molecule has 2 N–H and O–H groups in total. The first-order valence-corrected chi connectivity index (χ1v) is 8.72. The Morgan fingerprint density at radius 3 is 2.79 bits per heavy atom. The fourth-order valence-electron chi connectivity index (χ4n) is 4.16. The number of amides is 1. The maximum Gasteiger partial charge on any atom is 0.256 e. The Kier molecular flexibility index (Phi) is 4.53. The molecule has 0 aromatic carbocycles. The summed E-state index contributed by atoms with van der Waals surface area (Å²) in [5, 5.41) is 10.8. The third-order valence-electron chi connectivity index (χ3n) is 5.04. The largest absolute Gasteiger partial charge is 0.387 e. The van der Waals surface area contributed by atoms with Crippen molar-refractivity contribution in [2.45, 2.75) is 44.6 Å². The molecular weight excluding hydrogens is 306 g/mol. The minimum Gasteiger partial charge on any atom is -0.387 e. The van der Waals surface area contributed by atoms with Crippen molar-refractivity contribution in [2.75, 3.05) is 33.7 Å². The molecule has 0 saturated carbocycles. The number of aromatic nitrogens is 1. The van der Waals surface area contributed by atoms with Crippen molar-refractivity contribution in [1.29, 1.82) is 0 Å². The number of fused-ring (bicyclic) bond motifs is 1. The number of likely N-dealkylation sites (tertiary alicyclic amines) is 1. The highest BCUT2D eigenvalue weighted by Gasteiger charge is 2.38. The van der Waals surface area contributed by atoms with Crippen LogP contribution < -0.4 is 0 Å². The fraction of sp³-hybridized carbons (Fsp3) is 0.667. The molecule has 1 aliphatic carbocycles. The number of carbonyl (C=O) groups is 2. The zero-order chi connectivity index (χ0) is 17.5. The number of hydrogen-bond acceptors (Lipinski definition) is 4. The van der Waals surface area contributed by atoms with E-state index in [1.165, 1.54) is 0 Å². The SMILES string of the molecule is Cc1[nH]c2c(c1C(=O)N1CCC[C@@](O)(CN(C)C)C1)C(=O)CCC2. The molecule has 1 fully saturated rings. The summed E-state index contributed by atoms with van der Waals surface area (Å²) in [6.45, 7) is 3.33. The summed E-state index contributed by atoms with van der Waals surface area (Å²) in [5.74, 6) is -0.0679. The number of piperidine rings is 1. The number of hydrogen-bond donors (Lipinski definition) is 2. The van der Waals surface area contributed by atoms with Crippen LogP contribution in [0.1, 0.15) is 57.8 Å². The van der Waals surface area contributed by atoms with E-state index in [9.17, 15) is 14.7 Å². The number of ketones is 1. The van der Waals surface area contributed by atoms with Gasteiger partial charge in [-0.2, -0.15) is 0 Å². The van der Waals surface area contributed by atoms with Crippen molar-refractivity contribution < 1.29 is 14.7 Å². The quantitative estimate of drug-likeness (QED) is 0.876. The van der Waals surface area contributed by atoms with Gasteiger partial charge in [-0.25, -0.2) is 0 Å². The van der Waals surface area contributed by atoms with Gasteiger partial charge in [-0.3, -0.25) is 9.59 Å². The fourth-order valence-corrected chi connectivity index (χ4v) is 4.16. The van der Waals surface area contributed by atoms with Gasteiger partial charge in [0.2, 0.25) is 0 Å². The van der Waals surface area contributed by atoms with Gasteiger partial charge in [-0.05, 0) is 46.7 Å². The number of carbonyl (C=O) groups excluding carboxylic acids is 2. The molecule has 2 aliphatic rings. The zero-order valence-corrected chi connectivity index (χ0v) is 14.8. The van der Waals surface area contributed by atoms with Crippen LogP contribution in [0.2, 0.25) is 0 Å². The van der Waals surface area contributed by atoms with Crippen molar-refractivity contribution in [3.05, 3.63) is 22.5 Å². The molecule has 0 bridgehead atoms.